The quantitative estimate of drug-likeness (QED) is 0.561. The molecule has 0 saturated carbocycles. The van der Waals surface area contributed by atoms with Gasteiger partial charge in [-0.15, -0.1) is 19.8 Å². The van der Waals surface area contributed by atoms with Gasteiger partial charge in [0.1, 0.15) is 5.75 Å². The van der Waals surface area contributed by atoms with Crippen molar-refractivity contribution in [2.75, 3.05) is 13.2 Å². The van der Waals surface area contributed by atoms with Crippen LogP contribution in [0.15, 0.2) is 36.9 Å². The van der Waals surface area contributed by atoms with Gasteiger partial charge in [-0.3, -0.25) is 4.79 Å². The summed E-state index contributed by atoms with van der Waals surface area (Å²) in [5, 5.41) is 11.1. The minimum atomic E-state index is -4.89. The van der Waals surface area contributed by atoms with Gasteiger partial charge in [-0.05, 0) is 18.2 Å². The molecule has 0 aliphatic heterocycles. The summed E-state index contributed by atoms with van der Waals surface area (Å²) in [6.07, 6.45) is -3.49. The average molecular weight is 333 g/mol. The topological polar surface area (TPSA) is 84.9 Å². The lowest BCUT2D eigenvalue weighted by Gasteiger charge is -2.15. The predicted molar refractivity (Wildman–Crippen MR) is 73.0 cm³/mol. The molecule has 0 bridgehead atoms. The van der Waals surface area contributed by atoms with Crippen molar-refractivity contribution in [1.29, 1.82) is 0 Å². The molecule has 1 atom stereocenters. The van der Waals surface area contributed by atoms with Crippen molar-refractivity contribution >= 4 is 11.9 Å². The van der Waals surface area contributed by atoms with E-state index in [0.29, 0.717) is 0 Å². The van der Waals surface area contributed by atoms with E-state index in [0.717, 1.165) is 12.1 Å². The molecule has 0 aliphatic carbocycles. The van der Waals surface area contributed by atoms with Gasteiger partial charge in [-0.2, -0.15) is 0 Å². The van der Waals surface area contributed by atoms with Crippen molar-refractivity contribution in [3.05, 3.63) is 42.5 Å². The first-order valence-electron chi connectivity index (χ1n) is 6.31. The van der Waals surface area contributed by atoms with Crippen molar-refractivity contribution in [3.63, 3.8) is 0 Å². The fourth-order valence-corrected chi connectivity index (χ4v) is 1.52. The van der Waals surface area contributed by atoms with E-state index < -0.39 is 30.0 Å². The van der Waals surface area contributed by atoms with Crippen molar-refractivity contribution in [1.82, 2.24) is 5.32 Å². The standard InChI is InChI=1S/C14H14F3NO5/c1-2-6-22-8-11(13(20)21)18-12(19)9-4-3-5-10(7-9)23-14(15,16)17/h2-5,7,11H,1,6,8H2,(H,18,19)(H,20,21). The van der Waals surface area contributed by atoms with Gasteiger partial charge in [0.05, 0.1) is 13.2 Å². The largest absolute Gasteiger partial charge is 0.573 e. The second kappa shape index (κ2) is 8.18. The summed E-state index contributed by atoms with van der Waals surface area (Å²) in [4.78, 5) is 22.9. The SMILES string of the molecule is C=CCOCC(NC(=O)c1cccc(OC(F)(F)F)c1)C(=O)O. The summed E-state index contributed by atoms with van der Waals surface area (Å²) < 4.78 is 45.1. The molecule has 0 radical (unpaired) electrons. The molecule has 1 rings (SSSR count). The van der Waals surface area contributed by atoms with E-state index in [9.17, 15) is 22.8 Å². The minimum absolute atomic E-state index is 0.0918. The average Bonchev–Trinajstić information content (AvgIpc) is 2.44. The van der Waals surface area contributed by atoms with E-state index in [1.807, 2.05) is 0 Å². The maximum Gasteiger partial charge on any atom is 0.573 e. The predicted octanol–water partition coefficient (Wildman–Crippen LogP) is 1.97. The Morgan fingerprint density at radius 2 is 2.09 bits per heavy atom. The number of carboxylic acid groups (broad SMARTS) is 1. The van der Waals surface area contributed by atoms with Gasteiger partial charge >= 0.3 is 12.3 Å². The molecule has 0 fully saturated rings. The summed E-state index contributed by atoms with van der Waals surface area (Å²) in [7, 11) is 0. The third-order valence-corrected chi connectivity index (χ3v) is 2.45. The van der Waals surface area contributed by atoms with Crippen LogP contribution < -0.4 is 10.1 Å². The van der Waals surface area contributed by atoms with Crippen LogP contribution in [-0.4, -0.2) is 42.6 Å². The number of halogens is 3. The van der Waals surface area contributed by atoms with Crippen LogP contribution in [0.25, 0.3) is 0 Å². The molecule has 0 aromatic heterocycles. The van der Waals surface area contributed by atoms with E-state index in [4.69, 9.17) is 9.84 Å². The summed E-state index contributed by atoms with van der Waals surface area (Å²) in [6.45, 7) is 3.16. The Kier molecular flexibility index (Phi) is 6.58. The van der Waals surface area contributed by atoms with Gasteiger partial charge in [0, 0.05) is 5.56 Å². The fourth-order valence-electron chi connectivity index (χ4n) is 1.52. The van der Waals surface area contributed by atoms with Gasteiger partial charge in [0.25, 0.3) is 5.91 Å². The van der Waals surface area contributed by atoms with Crippen LogP contribution in [0.1, 0.15) is 10.4 Å². The second-order valence-corrected chi connectivity index (χ2v) is 4.27. The molecule has 0 heterocycles. The number of carboxylic acids is 1. The van der Waals surface area contributed by atoms with E-state index in [2.05, 4.69) is 16.6 Å². The lowest BCUT2D eigenvalue weighted by atomic mass is 10.2. The molecule has 1 amide bonds. The molecule has 0 spiro atoms. The molecule has 23 heavy (non-hydrogen) atoms. The van der Waals surface area contributed by atoms with Crippen molar-refractivity contribution < 1.29 is 37.3 Å². The number of ether oxygens (including phenoxy) is 2. The minimum Gasteiger partial charge on any atom is -0.480 e. The summed E-state index contributed by atoms with van der Waals surface area (Å²) in [5.41, 5.74) is -0.179. The van der Waals surface area contributed by atoms with Gasteiger partial charge in [-0.1, -0.05) is 12.1 Å². The van der Waals surface area contributed by atoms with Crippen LogP contribution in [0, 0.1) is 0 Å². The smallest absolute Gasteiger partial charge is 0.480 e. The Bertz CT molecular complexity index is 574. The van der Waals surface area contributed by atoms with Crippen molar-refractivity contribution in [2.24, 2.45) is 0 Å². The van der Waals surface area contributed by atoms with Gasteiger partial charge in [0.15, 0.2) is 6.04 Å². The number of rotatable bonds is 8. The van der Waals surface area contributed by atoms with Gasteiger partial charge < -0.3 is 19.9 Å². The van der Waals surface area contributed by atoms with Crippen LogP contribution in [0.4, 0.5) is 13.2 Å². The zero-order valence-corrected chi connectivity index (χ0v) is 11.8. The molecular formula is C14H14F3NO5. The van der Waals surface area contributed by atoms with E-state index in [-0.39, 0.29) is 18.8 Å². The first-order valence-corrected chi connectivity index (χ1v) is 6.31. The van der Waals surface area contributed by atoms with Crippen molar-refractivity contribution in [3.8, 4) is 5.75 Å². The molecule has 1 aromatic rings. The number of carbonyl (C=O) groups is 2. The Morgan fingerprint density at radius 1 is 1.39 bits per heavy atom. The van der Waals surface area contributed by atoms with Gasteiger partial charge in [0.2, 0.25) is 0 Å². The molecule has 1 aromatic carbocycles. The zero-order valence-electron chi connectivity index (χ0n) is 11.8. The summed E-state index contributed by atoms with van der Waals surface area (Å²) >= 11 is 0. The fraction of sp³-hybridized carbons (Fsp3) is 0.286. The normalized spacial score (nSPS) is 12.3. The highest BCUT2D eigenvalue weighted by Crippen LogP contribution is 2.23. The summed E-state index contributed by atoms with van der Waals surface area (Å²) in [6, 6.07) is 2.93. The lowest BCUT2D eigenvalue weighted by Crippen LogP contribution is -2.44. The lowest BCUT2D eigenvalue weighted by molar-refractivity contribution is -0.274. The second-order valence-electron chi connectivity index (χ2n) is 4.27. The third-order valence-electron chi connectivity index (χ3n) is 2.45. The van der Waals surface area contributed by atoms with E-state index in [1.54, 1.807) is 0 Å². The Hall–Kier alpha value is -2.55. The molecule has 1 unspecified atom stereocenters. The highest BCUT2D eigenvalue weighted by Gasteiger charge is 2.31. The number of amides is 1. The highest BCUT2D eigenvalue weighted by atomic mass is 19.4. The van der Waals surface area contributed by atoms with Crippen LogP contribution >= 0.6 is 0 Å². The van der Waals surface area contributed by atoms with Crippen LogP contribution in [0.2, 0.25) is 0 Å². The first-order chi connectivity index (χ1) is 10.7. The number of carbonyl (C=O) groups excluding carboxylic acids is 1. The summed E-state index contributed by atoms with van der Waals surface area (Å²) in [5.74, 6) is -2.79. The molecule has 0 aliphatic rings. The maximum absolute atomic E-state index is 12.1. The number of nitrogens with one attached hydrogen (secondary N) is 1. The van der Waals surface area contributed by atoms with Crippen LogP contribution in [0.5, 0.6) is 5.75 Å². The zero-order chi connectivity index (χ0) is 17.5. The van der Waals surface area contributed by atoms with Gasteiger partial charge in [-0.25, -0.2) is 4.79 Å². The number of benzene rings is 1. The molecule has 6 nitrogen and oxygen atoms in total. The van der Waals surface area contributed by atoms with E-state index in [1.165, 1.54) is 18.2 Å². The molecule has 2 N–H and O–H groups in total. The third kappa shape index (κ3) is 6.83. The Morgan fingerprint density at radius 3 is 2.65 bits per heavy atom. The first kappa shape index (κ1) is 18.5. The number of hydrogen-bond acceptors (Lipinski definition) is 4. The number of alkyl halides is 3. The number of hydrogen-bond donors (Lipinski definition) is 2. The highest BCUT2D eigenvalue weighted by molar-refractivity contribution is 5.96. The Labute approximate surface area is 129 Å². The molecule has 0 saturated heterocycles. The van der Waals surface area contributed by atoms with E-state index >= 15 is 0 Å². The van der Waals surface area contributed by atoms with Crippen LogP contribution in [0.3, 0.4) is 0 Å². The van der Waals surface area contributed by atoms with Crippen LogP contribution in [-0.2, 0) is 9.53 Å². The molecule has 9 heteroatoms. The number of aliphatic carboxylic acids is 1. The monoisotopic (exact) mass is 333 g/mol. The Balaban J connectivity index is 2.77. The molecular weight excluding hydrogens is 319 g/mol. The van der Waals surface area contributed by atoms with Crippen molar-refractivity contribution in [2.45, 2.75) is 12.4 Å². The maximum atomic E-state index is 12.1. The molecule has 126 valence electrons.